The quantitative estimate of drug-likeness (QED) is 0.783. The van der Waals surface area contributed by atoms with Gasteiger partial charge in [0.05, 0.1) is 13.2 Å². The second kappa shape index (κ2) is 6.48. The number of anilines is 2. The molecule has 0 atom stereocenters. The number of carbonyl (C=O) groups is 1. The van der Waals surface area contributed by atoms with Gasteiger partial charge in [0.2, 0.25) is 11.9 Å². The fraction of sp³-hybridized carbons (Fsp3) is 0.667. The lowest BCUT2D eigenvalue weighted by Crippen LogP contribution is -2.48. The van der Waals surface area contributed by atoms with Crippen molar-refractivity contribution in [2.24, 2.45) is 0 Å². The molecular formula is C15H23N5O2. The lowest BCUT2D eigenvalue weighted by molar-refractivity contribution is -0.129. The fourth-order valence-corrected chi connectivity index (χ4v) is 2.85. The third kappa shape index (κ3) is 3.30. The Labute approximate surface area is 130 Å². The first-order valence-electron chi connectivity index (χ1n) is 7.82. The van der Waals surface area contributed by atoms with Gasteiger partial charge in [-0.1, -0.05) is 0 Å². The Bertz CT molecular complexity index is 537. The number of nitrogens with zero attached hydrogens (tertiary/aromatic N) is 5. The Morgan fingerprint density at radius 3 is 2.36 bits per heavy atom. The molecule has 0 aromatic carbocycles. The highest BCUT2D eigenvalue weighted by molar-refractivity contribution is 5.73. The van der Waals surface area contributed by atoms with Crippen molar-refractivity contribution in [3.8, 4) is 0 Å². The van der Waals surface area contributed by atoms with E-state index in [1.807, 2.05) is 17.9 Å². The Hall–Kier alpha value is -1.89. The molecule has 22 heavy (non-hydrogen) atoms. The largest absolute Gasteiger partial charge is 0.378 e. The van der Waals surface area contributed by atoms with Gasteiger partial charge >= 0.3 is 0 Å². The summed E-state index contributed by atoms with van der Waals surface area (Å²) in [5, 5.41) is 0. The van der Waals surface area contributed by atoms with Gasteiger partial charge in [-0.2, -0.15) is 4.98 Å². The van der Waals surface area contributed by atoms with Gasteiger partial charge < -0.3 is 19.4 Å². The second-order valence-corrected chi connectivity index (χ2v) is 5.76. The van der Waals surface area contributed by atoms with E-state index in [9.17, 15) is 4.79 Å². The van der Waals surface area contributed by atoms with Gasteiger partial charge in [-0.05, 0) is 6.92 Å². The predicted octanol–water partition coefficient (Wildman–Crippen LogP) is 0.290. The molecule has 3 heterocycles. The number of ether oxygens (including phenoxy) is 1. The SMILES string of the molecule is CC(=O)N1CCN(c2nc(C)cc(N3CCOCC3)n2)CC1. The molecule has 1 aromatic heterocycles. The van der Waals surface area contributed by atoms with E-state index in [1.165, 1.54) is 0 Å². The van der Waals surface area contributed by atoms with E-state index in [0.29, 0.717) is 0 Å². The van der Waals surface area contributed by atoms with Crippen LogP contribution in [-0.2, 0) is 9.53 Å². The topological polar surface area (TPSA) is 61.8 Å². The van der Waals surface area contributed by atoms with Crippen molar-refractivity contribution in [1.82, 2.24) is 14.9 Å². The van der Waals surface area contributed by atoms with Crippen LogP contribution in [0.5, 0.6) is 0 Å². The van der Waals surface area contributed by atoms with Gasteiger partial charge in [-0.3, -0.25) is 4.79 Å². The monoisotopic (exact) mass is 305 g/mol. The minimum absolute atomic E-state index is 0.138. The third-order valence-electron chi connectivity index (χ3n) is 4.17. The number of piperazine rings is 1. The number of aromatic nitrogens is 2. The van der Waals surface area contributed by atoms with Gasteiger partial charge in [0, 0.05) is 58.0 Å². The molecule has 0 bridgehead atoms. The van der Waals surface area contributed by atoms with E-state index in [2.05, 4.69) is 14.8 Å². The number of hydrogen-bond donors (Lipinski definition) is 0. The van der Waals surface area contributed by atoms with Gasteiger partial charge in [0.25, 0.3) is 0 Å². The first-order valence-corrected chi connectivity index (χ1v) is 7.82. The van der Waals surface area contributed by atoms with Gasteiger partial charge in [-0.25, -0.2) is 4.98 Å². The van der Waals surface area contributed by atoms with Crippen LogP contribution in [0.25, 0.3) is 0 Å². The van der Waals surface area contributed by atoms with Crippen LogP contribution in [0.15, 0.2) is 6.07 Å². The summed E-state index contributed by atoms with van der Waals surface area (Å²) < 4.78 is 5.40. The molecule has 0 spiro atoms. The van der Waals surface area contributed by atoms with E-state index in [0.717, 1.165) is 69.9 Å². The molecule has 2 aliphatic rings. The van der Waals surface area contributed by atoms with Crippen molar-refractivity contribution < 1.29 is 9.53 Å². The molecule has 2 saturated heterocycles. The van der Waals surface area contributed by atoms with Crippen molar-refractivity contribution in [2.45, 2.75) is 13.8 Å². The van der Waals surface area contributed by atoms with Gasteiger partial charge in [0.15, 0.2) is 0 Å². The number of hydrogen-bond acceptors (Lipinski definition) is 6. The summed E-state index contributed by atoms with van der Waals surface area (Å²) >= 11 is 0. The van der Waals surface area contributed by atoms with Crippen LogP contribution >= 0.6 is 0 Å². The maximum Gasteiger partial charge on any atom is 0.227 e. The normalized spacial score (nSPS) is 19.5. The Morgan fingerprint density at radius 2 is 1.73 bits per heavy atom. The number of morpholine rings is 1. The molecule has 3 rings (SSSR count). The van der Waals surface area contributed by atoms with Crippen LogP contribution in [-0.4, -0.2) is 73.3 Å². The van der Waals surface area contributed by atoms with E-state index in [1.54, 1.807) is 6.92 Å². The molecule has 0 radical (unpaired) electrons. The highest BCUT2D eigenvalue weighted by Gasteiger charge is 2.22. The molecule has 0 unspecified atom stereocenters. The molecule has 120 valence electrons. The van der Waals surface area contributed by atoms with Crippen LogP contribution in [0.1, 0.15) is 12.6 Å². The number of rotatable bonds is 2. The number of aryl methyl sites for hydroxylation is 1. The molecule has 7 heteroatoms. The summed E-state index contributed by atoms with van der Waals surface area (Å²) in [7, 11) is 0. The van der Waals surface area contributed by atoms with E-state index in [4.69, 9.17) is 9.72 Å². The zero-order valence-electron chi connectivity index (χ0n) is 13.3. The molecule has 1 amide bonds. The maximum atomic E-state index is 11.4. The summed E-state index contributed by atoms with van der Waals surface area (Å²) in [6, 6.07) is 2.03. The molecule has 0 saturated carbocycles. The van der Waals surface area contributed by atoms with Gasteiger partial charge in [-0.15, -0.1) is 0 Å². The molecule has 2 aliphatic heterocycles. The Morgan fingerprint density at radius 1 is 1.05 bits per heavy atom. The third-order valence-corrected chi connectivity index (χ3v) is 4.17. The number of carbonyl (C=O) groups excluding carboxylic acids is 1. The van der Waals surface area contributed by atoms with Crippen molar-refractivity contribution in [2.75, 3.05) is 62.3 Å². The molecule has 7 nitrogen and oxygen atoms in total. The fourth-order valence-electron chi connectivity index (χ4n) is 2.85. The number of amides is 1. The molecule has 0 N–H and O–H groups in total. The standard InChI is InChI=1S/C15H23N5O2/c1-12-11-14(19-7-9-22-10-8-19)17-15(16-12)20-5-3-18(4-6-20)13(2)21/h11H,3-10H2,1-2H3. The minimum Gasteiger partial charge on any atom is -0.378 e. The summed E-state index contributed by atoms with van der Waals surface area (Å²) in [6.07, 6.45) is 0. The van der Waals surface area contributed by atoms with Crippen LogP contribution in [0.4, 0.5) is 11.8 Å². The molecule has 1 aromatic rings. The summed E-state index contributed by atoms with van der Waals surface area (Å²) in [4.78, 5) is 27.0. The lowest BCUT2D eigenvalue weighted by atomic mass is 10.3. The van der Waals surface area contributed by atoms with Crippen molar-refractivity contribution in [1.29, 1.82) is 0 Å². The van der Waals surface area contributed by atoms with Crippen molar-refractivity contribution in [3.63, 3.8) is 0 Å². The molecule has 0 aliphatic carbocycles. The predicted molar refractivity (Wildman–Crippen MR) is 84.3 cm³/mol. The zero-order chi connectivity index (χ0) is 15.5. The minimum atomic E-state index is 0.138. The van der Waals surface area contributed by atoms with Crippen LogP contribution in [0, 0.1) is 6.92 Å². The summed E-state index contributed by atoms with van der Waals surface area (Å²) in [5.41, 5.74) is 0.973. The van der Waals surface area contributed by atoms with Crippen molar-refractivity contribution in [3.05, 3.63) is 11.8 Å². The zero-order valence-corrected chi connectivity index (χ0v) is 13.3. The highest BCUT2D eigenvalue weighted by Crippen LogP contribution is 2.19. The second-order valence-electron chi connectivity index (χ2n) is 5.76. The average molecular weight is 305 g/mol. The highest BCUT2D eigenvalue weighted by atomic mass is 16.5. The summed E-state index contributed by atoms with van der Waals surface area (Å²) in [5.74, 6) is 1.88. The first kappa shape index (κ1) is 15.0. The van der Waals surface area contributed by atoms with E-state index in [-0.39, 0.29) is 5.91 Å². The summed E-state index contributed by atoms with van der Waals surface area (Å²) in [6.45, 7) is 9.89. The van der Waals surface area contributed by atoms with E-state index >= 15 is 0 Å². The molecule has 2 fully saturated rings. The van der Waals surface area contributed by atoms with Gasteiger partial charge in [0.1, 0.15) is 5.82 Å². The Kier molecular flexibility index (Phi) is 4.42. The van der Waals surface area contributed by atoms with Crippen LogP contribution < -0.4 is 9.80 Å². The lowest BCUT2D eigenvalue weighted by Gasteiger charge is -2.35. The maximum absolute atomic E-state index is 11.4. The molecular weight excluding hydrogens is 282 g/mol. The Balaban J connectivity index is 1.74. The van der Waals surface area contributed by atoms with Crippen molar-refractivity contribution >= 4 is 17.7 Å². The van der Waals surface area contributed by atoms with E-state index < -0.39 is 0 Å². The van der Waals surface area contributed by atoms with Crippen LogP contribution in [0.2, 0.25) is 0 Å². The average Bonchev–Trinajstić information content (AvgIpc) is 2.55. The smallest absolute Gasteiger partial charge is 0.227 e. The first-order chi connectivity index (χ1) is 10.6. The van der Waals surface area contributed by atoms with Crippen LogP contribution in [0.3, 0.4) is 0 Å².